The maximum atomic E-state index is 13.4. The average Bonchev–Trinajstić information content (AvgIpc) is 3.55. The van der Waals surface area contributed by atoms with E-state index in [-0.39, 0.29) is 17.8 Å². The van der Waals surface area contributed by atoms with E-state index in [1.165, 1.54) is 12.1 Å². The van der Waals surface area contributed by atoms with Gasteiger partial charge in [0.15, 0.2) is 17.4 Å². The molecule has 0 N–H and O–H groups in total. The number of ether oxygens (including phenoxy) is 2. The summed E-state index contributed by atoms with van der Waals surface area (Å²) in [6, 6.07) is 8.14. The maximum absolute atomic E-state index is 13.4. The Morgan fingerprint density at radius 2 is 1.95 bits per heavy atom. The number of fused-ring (bicyclic) bond motifs is 1. The highest BCUT2D eigenvalue weighted by atomic mass is 19.1. The van der Waals surface area contributed by atoms with Gasteiger partial charge >= 0.3 is 5.97 Å². The van der Waals surface area contributed by atoms with E-state index in [4.69, 9.17) is 24.0 Å². The number of hydrogen-bond acceptors (Lipinski definition) is 7. The summed E-state index contributed by atoms with van der Waals surface area (Å²) in [6.45, 7) is 14.2. The molecule has 0 saturated carbocycles. The maximum Gasteiger partial charge on any atom is 0.340 e. The minimum atomic E-state index is -0.982. The molecule has 0 amide bonds. The number of carbonyl (C=O) groups is 1. The number of allylic oxidation sites excluding steroid dienone is 2. The largest absolute Gasteiger partial charge is 0.464 e. The molecule has 3 aromatic heterocycles. The second kappa shape index (κ2) is 11.4. The highest BCUT2D eigenvalue weighted by Gasteiger charge is 2.36. The molecule has 0 spiro atoms. The summed E-state index contributed by atoms with van der Waals surface area (Å²) in [5.74, 6) is 0.251. The van der Waals surface area contributed by atoms with Crippen LogP contribution in [0.25, 0.3) is 22.8 Å². The monoisotopic (exact) mass is 574 g/mol. The fourth-order valence-electron chi connectivity index (χ4n) is 5.26. The Morgan fingerprint density at radius 3 is 2.60 bits per heavy atom. The number of hydrogen-bond donors (Lipinski definition) is 0. The lowest BCUT2D eigenvalue weighted by Crippen LogP contribution is -2.31. The van der Waals surface area contributed by atoms with Crippen LogP contribution in [0.15, 0.2) is 47.0 Å². The van der Waals surface area contributed by atoms with E-state index in [0.29, 0.717) is 40.7 Å². The second-order valence-corrected chi connectivity index (χ2v) is 12.7. The number of carbonyl (C=O) groups excluding carboxylic acids is 1. The zero-order valence-electron chi connectivity index (χ0n) is 25.5. The fourth-order valence-corrected chi connectivity index (χ4v) is 5.26. The predicted molar refractivity (Wildman–Crippen MR) is 158 cm³/mol. The number of esters is 1. The summed E-state index contributed by atoms with van der Waals surface area (Å²) in [7, 11) is 0. The first kappa shape index (κ1) is 29.6. The minimum absolute atomic E-state index is 0.182. The molecule has 0 fully saturated rings. The number of rotatable bonds is 8. The van der Waals surface area contributed by atoms with Crippen molar-refractivity contribution in [1.82, 2.24) is 19.6 Å². The van der Waals surface area contributed by atoms with Crippen molar-refractivity contribution in [1.29, 1.82) is 0 Å². The van der Waals surface area contributed by atoms with E-state index in [9.17, 15) is 9.18 Å². The van der Waals surface area contributed by atoms with Gasteiger partial charge in [0, 0.05) is 23.7 Å². The molecule has 1 atom stereocenters. The lowest BCUT2D eigenvalue weighted by molar-refractivity contribution is -0.167. The van der Waals surface area contributed by atoms with Crippen LogP contribution in [0.3, 0.4) is 0 Å². The van der Waals surface area contributed by atoms with Crippen molar-refractivity contribution in [2.24, 2.45) is 5.41 Å². The predicted octanol–water partition coefficient (Wildman–Crippen LogP) is 7.44. The lowest BCUT2D eigenvalue weighted by atomic mass is 9.77. The molecule has 5 rings (SSSR count). The molecule has 8 nitrogen and oxygen atoms in total. The second-order valence-electron chi connectivity index (χ2n) is 12.7. The third-order valence-electron chi connectivity index (χ3n) is 7.40. The van der Waals surface area contributed by atoms with Gasteiger partial charge in [0.1, 0.15) is 11.6 Å². The van der Waals surface area contributed by atoms with Crippen molar-refractivity contribution in [3.8, 4) is 11.6 Å². The van der Waals surface area contributed by atoms with Gasteiger partial charge in [-0.1, -0.05) is 32.1 Å². The zero-order valence-corrected chi connectivity index (χ0v) is 25.5. The number of aromatic nitrogens is 4. The van der Waals surface area contributed by atoms with Crippen LogP contribution in [0.4, 0.5) is 4.39 Å². The zero-order chi connectivity index (χ0) is 30.2. The summed E-state index contributed by atoms with van der Waals surface area (Å²) >= 11 is 0. The molecule has 9 heteroatoms. The van der Waals surface area contributed by atoms with Crippen molar-refractivity contribution < 1.29 is 23.1 Å². The molecule has 1 aliphatic rings. The van der Waals surface area contributed by atoms with Crippen LogP contribution < -0.4 is 0 Å². The highest BCUT2D eigenvalue weighted by molar-refractivity contribution is 5.81. The Hall–Kier alpha value is -3.85. The van der Waals surface area contributed by atoms with Crippen molar-refractivity contribution in [2.45, 2.75) is 85.9 Å². The Balaban J connectivity index is 1.63. The molecule has 1 unspecified atom stereocenters. The van der Waals surface area contributed by atoms with Gasteiger partial charge < -0.3 is 13.9 Å². The molecule has 4 aromatic rings. The van der Waals surface area contributed by atoms with E-state index in [1.807, 2.05) is 33.8 Å². The first-order chi connectivity index (χ1) is 19.8. The molecular formula is C33H39FN4O4. The van der Waals surface area contributed by atoms with Crippen LogP contribution in [0.2, 0.25) is 0 Å². The first-order valence-electron chi connectivity index (χ1n) is 14.5. The number of benzene rings is 1. The van der Waals surface area contributed by atoms with E-state index >= 15 is 0 Å². The molecule has 1 aromatic carbocycles. The summed E-state index contributed by atoms with van der Waals surface area (Å²) in [5, 5.41) is 4.91. The Bertz CT molecular complexity index is 1630. The van der Waals surface area contributed by atoms with E-state index < -0.39 is 17.7 Å². The molecule has 0 saturated heterocycles. The molecule has 1 aliphatic carbocycles. The van der Waals surface area contributed by atoms with Gasteiger partial charge in [0.05, 0.1) is 24.1 Å². The summed E-state index contributed by atoms with van der Waals surface area (Å²) in [4.78, 5) is 22.7. The van der Waals surface area contributed by atoms with Gasteiger partial charge in [-0.3, -0.25) is 0 Å². The van der Waals surface area contributed by atoms with Gasteiger partial charge in [-0.2, -0.15) is 5.10 Å². The normalized spacial score (nSPS) is 16.0. The highest BCUT2D eigenvalue weighted by Crippen LogP contribution is 2.42. The Morgan fingerprint density at radius 1 is 1.21 bits per heavy atom. The molecule has 42 heavy (non-hydrogen) atoms. The fraction of sp³-hybridized carbons (Fsp3) is 0.455. The third-order valence-corrected chi connectivity index (χ3v) is 7.40. The topological polar surface area (TPSA) is 91.8 Å². The summed E-state index contributed by atoms with van der Waals surface area (Å²) < 4.78 is 33.0. The lowest BCUT2D eigenvalue weighted by Gasteiger charge is -2.32. The van der Waals surface area contributed by atoms with E-state index in [0.717, 1.165) is 36.1 Å². The quantitative estimate of drug-likeness (QED) is 0.202. The van der Waals surface area contributed by atoms with Crippen molar-refractivity contribution in [2.75, 3.05) is 6.61 Å². The number of halogens is 1. The Kier molecular flexibility index (Phi) is 8.07. The van der Waals surface area contributed by atoms with Crippen molar-refractivity contribution in [3.63, 3.8) is 0 Å². The molecule has 0 aliphatic heterocycles. The molecular weight excluding hydrogens is 535 g/mol. The van der Waals surface area contributed by atoms with Crippen molar-refractivity contribution >= 4 is 17.2 Å². The van der Waals surface area contributed by atoms with Crippen LogP contribution >= 0.6 is 0 Å². The number of aryl methyl sites for hydroxylation is 1. The Labute approximate surface area is 246 Å². The number of oxazole rings is 1. The average molecular weight is 575 g/mol. The van der Waals surface area contributed by atoms with E-state index in [1.54, 1.807) is 29.8 Å². The van der Waals surface area contributed by atoms with Crippen LogP contribution in [0.1, 0.15) is 95.2 Å². The van der Waals surface area contributed by atoms with Crippen LogP contribution in [0.5, 0.6) is 0 Å². The summed E-state index contributed by atoms with van der Waals surface area (Å²) in [6.07, 6.45) is 6.10. The van der Waals surface area contributed by atoms with Crippen LogP contribution in [0, 0.1) is 18.2 Å². The smallest absolute Gasteiger partial charge is 0.340 e. The molecule has 0 bridgehead atoms. The molecule has 3 heterocycles. The van der Waals surface area contributed by atoms with Crippen LogP contribution in [-0.2, 0) is 20.7 Å². The number of nitrogens with zero attached hydrogens (tertiary/aromatic N) is 4. The molecule has 222 valence electrons. The SMILES string of the molecule is CCOC(=O)C(OC(C)(C)C)c1c(C)nc2cc(-c3ncc(Cc4ccc(F)cc4)o3)nn2c1C1=CCC(C)(C)CC1. The summed E-state index contributed by atoms with van der Waals surface area (Å²) in [5.41, 5.74) is 4.81. The first-order valence-corrected chi connectivity index (χ1v) is 14.5. The molecule has 0 radical (unpaired) electrons. The van der Waals surface area contributed by atoms with Gasteiger partial charge in [-0.25, -0.2) is 23.7 Å². The standard InChI is InChI=1S/C33H39FN4O4/c1-8-40-31(39)29(42-32(3,4)5)27-20(2)36-26-18-25(37-38(26)28(27)22-13-15-33(6,7)16-14-22)30-35-19-24(41-30)17-21-9-11-23(34)12-10-21/h9-13,18-19,29H,8,14-17H2,1-7H3. The van der Waals surface area contributed by atoms with Gasteiger partial charge in [-0.15, -0.1) is 0 Å². The third kappa shape index (κ3) is 6.46. The minimum Gasteiger partial charge on any atom is -0.464 e. The van der Waals surface area contributed by atoms with Gasteiger partial charge in [0.25, 0.3) is 0 Å². The van der Waals surface area contributed by atoms with Crippen molar-refractivity contribution in [3.05, 3.63) is 76.7 Å². The van der Waals surface area contributed by atoms with Crippen LogP contribution in [-0.4, -0.2) is 37.8 Å². The van der Waals surface area contributed by atoms with Gasteiger partial charge in [0.2, 0.25) is 5.89 Å². The van der Waals surface area contributed by atoms with E-state index in [2.05, 4.69) is 24.9 Å². The van der Waals surface area contributed by atoms with Gasteiger partial charge in [-0.05, 0) is 82.6 Å².